The molecule has 4 heteroatoms. The summed E-state index contributed by atoms with van der Waals surface area (Å²) in [5.41, 5.74) is 1.30. The summed E-state index contributed by atoms with van der Waals surface area (Å²) >= 11 is 7.03. The van der Waals surface area contributed by atoms with E-state index < -0.39 is 0 Å². The molecule has 0 N–H and O–H groups in total. The lowest BCUT2D eigenvalue weighted by molar-refractivity contribution is 0.587. The van der Waals surface area contributed by atoms with Gasteiger partial charge >= 0.3 is 0 Å². The van der Waals surface area contributed by atoms with E-state index in [9.17, 15) is 0 Å². The van der Waals surface area contributed by atoms with E-state index in [1.807, 2.05) is 0 Å². The number of nitrogens with zero attached hydrogens (tertiary/aromatic N) is 1. The molecule has 0 aliphatic rings. The molecule has 2 aromatic heterocycles. The molecular formula is C9H10BrNS2. The van der Waals surface area contributed by atoms with Crippen molar-refractivity contribution >= 4 is 48.8 Å². The monoisotopic (exact) mass is 275 g/mol. The number of thiophene rings is 1. The largest absolute Gasteiger partial charge is 0.240 e. The molecule has 2 rings (SSSR count). The van der Waals surface area contributed by atoms with E-state index >= 15 is 0 Å². The minimum Gasteiger partial charge on any atom is -0.240 e. The van der Waals surface area contributed by atoms with Gasteiger partial charge in [0.05, 0.1) is 19.0 Å². The molecule has 0 atom stereocenters. The zero-order valence-electron chi connectivity index (χ0n) is 7.72. The number of rotatable bonds is 0. The molecule has 0 bridgehead atoms. The summed E-state index contributed by atoms with van der Waals surface area (Å²) in [6.45, 7) is 6.59. The molecule has 0 fully saturated rings. The topological polar surface area (TPSA) is 12.9 Å². The van der Waals surface area contributed by atoms with E-state index in [1.165, 1.54) is 13.5 Å². The van der Waals surface area contributed by atoms with Crippen LogP contribution in [0.5, 0.6) is 0 Å². The molecule has 0 saturated carbocycles. The molecule has 70 valence electrons. The second kappa shape index (κ2) is 3.04. The van der Waals surface area contributed by atoms with Crippen LogP contribution in [0.25, 0.3) is 10.2 Å². The van der Waals surface area contributed by atoms with Gasteiger partial charge in [0.1, 0.15) is 0 Å². The van der Waals surface area contributed by atoms with E-state index in [0.717, 1.165) is 5.52 Å². The second-order valence-corrected chi connectivity index (χ2v) is 7.19. The van der Waals surface area contributed by atoms with E-state index in [-0.39, 0.29) is 5.41 Å². The van der Waals surface area contributed by atoms with Gasteiger partial charge in [-0.3, -0.25) is 0 Å². The predicted molar refractivity (Wildman–Crippen MR) is 63.9 cm³/mol. The van der Waals surface area contributed by atoms with Crippen LogP contribution in [-0.2, 0) is 5.41 Å². The van der Waals surface area contributed by atoms with Gasteiger partial charge in [0.25, 0.3) is 0 Å². The summed E-state index contributed by atoms with van der Waals surface area (Å²) < 4.78 is 2.49. The number of hydrogen-bond donors (Lipinski definition) is 0. The highest BCUT2D eigenvalue weighted by atomic mass is 79.9. The minimum absolute atomic E-state index is 0.167. The molecule has 0 amide bonds. The molecule has 0 aromatic carbocycles. The summed E-state index contributed by atoms with van der Waals surface area (Å²) in [4.78, 5) is 4.60. The fraction of sp³-hybridized carbons (Fsp3) is 0.444. The number of fused-ring (bicyclic) bond motifs is 1. The Balaban J connectivity index is 2.63. The SMILES string of the molecule is CC(C)(C)c1nc2csc(Br)c2s1. The zero-order chi connectivity index (χ0) is 9.64. The first-order valence-corrected chi connectivity index (χ1v) is 6.51. The van der Waals surface area contributed by atoms with Gasteiger partial charge in [-0.1, -0.05) is 20.8 Å². The Bertz CT molecular complexity index is 436. The van der Waals surface area contributed by atoms with Gasteiger partial charge in [0.2, 0.25) is 0 Å². The van der Waals surface area contributed by atoms with E-state index in [2.05, 4.69) is 47.1 Å². The smallest absolute Gasteiger partial charge is 0.0993 e. The predicted octanol–water partition coefficient (Wildman–Crippen LogP) is 4.42. The van der Waals surface area contributed by atoms with Gasteiger partial charge in [-0.05, 0) is 15.9 Å². The van der Waals surface area contributed by atoms with E-state index in [1.54, 1.807) is 22.7 Å². The third-order valence-corrected chi connectivity index (χ3v) is 5.36. The Morgan fingerprint density at radius 2 is 2.08 bits per heavy atom. The molecular weight excluding hydrogens is 266 g/mol. The van der Waals surface area contributed by atoms with Crippen LogP contribution in [0.2, 0.25) is 0 Å². The fourth-order valence-electron chi connectivity index (χ4n) is 1.03. The number of thiazole rings is 1. The van der Waals surface area contributed by atoms with Crippen LogP contribution in [0.15, 0.2) is 9.17 Å². The van der Waals surface area contributed by atoms with Gasteiger partial charge in [0, 0.05) is 10.8 Å². The average Bonchev–Trinajstić information content (AvgIpc) is 2.51. The zero-order valence-corrected chi connectivity index (χ0v) is 10.9. The number of halogens is 1. The van der Waals surface area contributed by atoms with Crippen molar-refractivity contribution in [1.82, 2.24) is 4.98 Å². The van der Waals surface area contributed by atoms with Crippen molar-refractivity contribution in [3.05, 3.63) is 14.2 Å². The van der Waals surface area contributed by atoms with Crippen LogP contribution in [0.4, 0.5) is 0 Å². The molecule has 0 radical (unpaired) electrons. The third-order valence-electron chi connectivity index (χ3n) is 1.75. The highest BCUT2D eigenvalue weighted by molar-refractivity contribution is 9.11. The van der Waals surface area contributed by atoms with Crippen LogP contribution in [0.1, 0.15) is 25.8 Å². The quantitative estimate of drug-likeness (QED) is 0.694. The Morgan fingerprint density at radius 1 is 1.38 bits per heavy atom. The first-order chi connectivity index (χ1) is 5.98. The van der Waals surface area contributed by atoms with Crippen LogP contribution in [-0.4, -0.2) is 4.98 Å². The summed E-state index contributed by atoms with van der Waals surface area (Å²) in [5, 5.41) is 3.32. The lowest BCUT2D eigenvalue weighted by Gasteiger charge is -2.13. The van der Waals surface area contributed by atoms with E-state index in [0.29, 0.717) is 0 Å². The highest BCUT2D eigenvalue weighted by Crippen LogP contribution is 2.38. The first kappa shape index (κ1) is 9.62. The highest BCUT2D eigenvalue weighted by Gasteiger charge is 2.19. The number of aromatic nitrogens is 1. The Hall–Kier alpha value is 0.0700. The van der Waals surface area contributed by atoms with Gasteiger partial charge in [0.15, 0.2) is 0 Å². The maximum absolute atomic E-state index is 4.60. The summed E-state index contributed by atoms with van der Waals surface area (Å²) in [7, 11) is 0. The van der Waals surface area contributed by atoms with Crippen LogP contribution in [0.3, 0.4) is 0 Å². The normalized spacial score (nSPS) is 12.6. The van der Waals surface area contributed by atoms with Crippen molar-refractivity contribution in [1.29, 1.82) is 0 Å². The minimum atomic E-state index is 0.167. The second-order valence-electron chi connectivity index (χ2n) is 3.99. The van der Waals surface area contributed by atoms with Gasteiger partial charge in [-0.15, -0.1) is 22.7 Å². The number of hydrogen-bond acceptors (Lipinski definition) is 3. The molecule has 1 nitrogen and oxygen atoms in total. The molecule has 2 aromatic rings. The van der Waals surface area contributed by atoms with E-state index in [4.69, 9.17) is 0 Å². The molecule has 2 heterocycles. The molecule has 0 aliphatic heterocycles. The Kier molecular flexibility index (Phi) is 2.25. The van der Waals surface area contributed by atoms with Crippen molar-refractivity contribution < 1.29 is 0 Å². The summed E-state index contributed by atoms with van der Waals surface area (Å²) in [5.74, 6) is 0. The Labute approximate surface area is 93.9 Å². The maximum atomic E-state index is 4.60. The van der Waals surface area contributed by atoms with Crippen molar-refractivity contribution in [2.75, 3.05) is 0 Å². The van der Waals surface area contributed by atoms with Crippen LogP contribution in [0, 0.1) is 0 Å². The molecule has 0 aliphatic carbocycles. The van der Waals surface area contributed by atoms with Crippen molar-refractivity contribution in [3.8, 4) is 0 Å². The molecule has 0 saturated heterocycles. The van der Waals surface area contributed by atoms with Crippen molar-refractivity contribution in [3.63, 3.8) is 0 Å². The van der Waals surface area contributed by atoms with Crippen molar-refractivity contribution in [2.45, 2.75) is 26.2 Å². The maximum Gasteiger partial charge on any atom is 0.0993 e. The standard InChI is InChI=1S/C9H10BrNS2/c1-9(2,3)8-11-5-4-12-7(10)6(5)13-8/h4H,1-3H3. The first-order valence-electron chi connectivity index (χ1n) is 4.02. The Morgan fingerprint density at radius 3 is 2.62 bits per heavy atom. The van der Waals surface area contributed by atoms with Crippen LogP contribution >= 0.6 is 38.6 Å². The summed E-state index contributed by atoms with van der Waals surface area (Å²) in [6, 6.07) is 0. The van der Waals surface area contributed by atoms with Crippen LogP contribution < -0.4 is 0 Å². The lowest BCUT2D eigenvalue weighted by Crippen LogP contribution is -2.09. The molecule has 13 heavy (non-hydrogen) atoms. The molecule has 0 unspecified atom stereocenters. The molecule has 0 spiro atoms. The van der Waals surface area contributed by atoms with Gasteiger partial charge in [-0.25, -0.2) is 4.98 Å². The van der Waals surface area contributed by atoms with Gasteiger partial charge in [-0.2, -0.15) is 0 Å². The average molecular weight is 276 g/mol. The fourth-order valence-corrected chi connectivity index (χ4v) is 3.63. The third kappa shape index (κ3) is 1.67. The van der Waals surface area contributed by atoms with Gasteiger partial charge < -0.3 is 0 Å². The summed E-state index contributed by atoms with van der Waals surface area (Å²) in [6.07, 6.45) is 0. The lowest BCUT2D eigenvalue weighted by atomic mass is 9.98. The van der Waals surface area contributed by atoms with Crippen molar-refractivity contribution in [2.24, 2.45) is 0 Å².